The Morgan fingerprint density at radius 1 is 1.29 bits per heavy atom. The Morgan fingerprint density at radius 3 is 2.88 bits per heavy atom. The van der Waals surface area contributed by atoms with Crippen LogP contribution in [0.15, 0.2) is 12.3 Å². The van der Waals surface area contributed by atoms with Gasteiger partial charge in [0.15, 0.2) is 0 Å². The second-order valence-corrected chi connectivity index (χ2v) is 3.67. The second-order valence-electron chi connectivity index (χ2n) is 3.67. The van der Waals surface area contributed by atoms with E-state index in [0.29, 0.717) is 11.8 Å². The number of anilines is 1. The first-order chi connectivity index (χ1) is 8.36. The molecule has 0 fully saturated rings. The largest absolute Gasteiger partial charge is 0.481 e. The maximum atomic E-state index is 5.45. The molecule has 1 aromatic rings. The van der Waals surface area contributed by atoms with Crippen molar-refractivity contribution in [3.8, 4) is 5.88 Å². The molecule has 1 rings (SSSR count). The summed E-state index contributed by atoms with van der Waals surface area (Å²) in [6.07, 6.45) is 4.93. The summed E-state index contributed by atoms with van der Waals surface area (Å²) in [5.74, 6) is 1.17. The lowest BCUT2D eigenvalue weighted by atomic mass is 10.4. The number of nitrogens with zero attached hydrogens (tertiary/aromatic N) is 2. The van der Waals surface area contributed by atoms with Gasteiger partial charge in [0.2, 0.25) is 11.8 Å². The van der Waals surface area contributed by atoms with Crippen LogP contribution in [0.2, 0.25) is 0 Å². The normalized spacial score (nSPS) is 10.2. The van der Waals surface area contributed by atoms with Crippen LogP contribution in [0.5, 0.6) is 5.88 Å². The SMILES string of the molecule is CCCCOCCCNc1nccc(OC)n1. The first kappa shape index (κ1) is 13.7. The number of ether oxygens (including phenoxy) is 2. The number of nitrogens with one attached hydrogen (secondary N) is 1. The molecule has 0 spiro atoms. The summed E-state index contributed by atoms with van der Waals surface area (Å²) < 4.78 is 10.5. The van der Waals surface area contributed by atoms with Gasteiger partial charge in [-0.1, -0.05) is 13.3 Å². The maximum absolute atomic E-state index is 5.45. The molecule has 0 aliphatic heterocycles. The van der Waals surface area contributed by atoms with Gasteiger partial charge in [0, 0.05) is 32.0 Å². The standard InChI is InChI=1S/C12H21N3O2/c1-3-4-9-17-10-5-7-13-12-14-8-6-11(15-12)16-2/h6,8H,3-5,7,9-10H2,1-2H3,(H,13,14,15). The van der Waals surface area contributed by atoms with Crippen LogP contribution in [0, 0.1) is 0 Å². The molecule has 0 atom stereocenters. The van der Waals surface area contributed by atoms with Crippen LogP contribution in [0.3, 0.4) is 0 Å². The zero-order chi connectivity index (χ0) is 12.3. The number of unbranched alkanes of at least 4 members (excludes halogenated alkanes) is 1. The van der Waals surface area contributed by atoms with Crippen LogP contribution in [0.4, 0.5) is 5.95 Å². The highest BCUT2D eigenvalue weighted by atomic mass is 16.5. The highest BCUT2D eigenvalue weighted by molar-refractivity contribution is 5.26. The summed E-state index contributed by atoms with van der Waals surface area (Å²) in [6.45, 7) is 4.59. The molecule has 17 heavy (non-hydrogen) atoms. The van der Waals surface area contributed by atoms with Gasteiger partial charge in [0.05, 0.1) is 7.11 Å². The fraction of sp³-hybridized carbons (Fsp3) is 0.667. The minimum atomic E-state index is 0.571. The predicted octanol–water partition coefficient (Wildman–Crippen LogP) is 2.10. The maximum Gasteiger partial charge on any atom is 0.225 e. The molecule has 1 aromatic heterocycles. The van der Waals surface area contributed by atoms with E-state index in [2.05, 4.69) is 22.2 Å². The van der Waals surface area contributed by atoms with Crippen molar-refractivity contribution in [1.82, 2.24) is 9.97 Å². The topological polar surface area (TPSA) is 56.3 Å². The van der Waals surface area contributed by atoms with Crippen molar-refractivity contribution in [3.05, 3.63) is 12.3 Å². The third-order valence-corrected chi connectivity index (χ3v) is 2.23. The van der Waals surface area contributed by atoms with Gasteiger partial charge in [-0.05, 0) is 12.8 Å². The van der Waals surface area contributed by atoms with E-state index in [-0.39, 0.29) is 0 Å². The zero-order valence-corrected chi connectivity index (χ0v) is 10.6. The average Bonchev–Trinajstić information content (AvgIpc) is 2.38. The number of hydrogen-bond donors (Lipinski definition) is 1. The molecule has 5 nitrogen and oxygen atoms in total. The van der Waals surface area contributed by atoms with Crippen LogP contribution in [-0.4, -0.2) is 36.8 Å². The van der Waals surface area contributed by atoms with Crippen molar-refractivity contribution in [3.63, 3.8) is 0 Å². The molecule has 0 aromatic carbocycles. The lowest BCUT2D eigenvalue weighted by molar-refractivity contribution is 0.131. The van der Waals surface area contributed by atoms with Gasteiger partial charge >= 0.3 is 0 Å². The summed E-state index contributed by atoms with van der Waals surface area (Å²) in [5, 5.41) is 3.13. The molecule has 5 heteroatoms. The van der Waals surface area contributed by atoms with Crippen LogP contribution in [0.25, 0.3) is 0 Å². The minimum Gasteiger partial charge on any atom is -0.481 e. The highest BCUT2D eigenvalue weighted by Crippen LogP contribution is 2.06. The van der Waals surface area contributed by atoms with Crippen LogP contribution >= 0.6 is 0 Å². The quantitative estimate of drug-likeness (QED) is 0.669. The average molecular weight is 239 g/mol. The van der Waals surface area contributed by atoms with E-state index < -0.39 is 0 Å². The van der Waals surface area contributed by atoms with Gasteiger partial charge in [0.1, 0.15) is 0 Å². The molecular weight excluding hydrogens is 218 g/mol. The van der Waals surface area contributed by atoms with E-state index >= 15 is 0 Å². The van der Waals surface area contributed by atoms with Gasteiger partial charge in [-0.3, -0.25) is 0 Å². The van der Waals surface area contributed by atoms with Gasteiger partial charge in [-0.2, -0.15) is 4.98 Å². The molecule has 0 saturated carbocycles. The van der Waals surface area contributed by atoms with E-state index in [1.165, 1.54) is 6.42 Å². The molecular formula is C12H21N3O2. The first-order valence-electron chi connectivity index (χ1n) is 6.05. The van der Waals surface area contributed by atoms with E-state index in [1.54, 1.807) is 19.4 Å². The summed E-state index contributed by atoms with van der Waals surface area (Å²) in [4.78, 5) is 8.24. The molecule has 0 aliphatic carbocycles. The van der Waals surface area contributed by atoms with Crippen molar-refractivity contribution >= 4 is 5.95 Å². The second kappa shape index (κ2) is 8.75. The predicted molar refractivity (Wildman–Crippen MR) is 67.4 cm³/mol. The summed E-state index contributed by atoms with van der Waals surface area (Å²) in [5.41, 5.74) is 0. The molecule has 0 aliphatic rings. The van der Waals surface area contributed by atoms with Crippen molar-refractivity contribution in [2.75, 3.05) is 32.2 Å². The number of rotatable bonds is 9. The van der Waals surface area contributed by atoms with E-state index in [1.807, 2.05) is 0 Å². The summed E-state index contributed by atoms with van der Waals surface area (Å²) in [7, 11) is 1.59. The van der Waals surface area contributed by atoms with Crippen LogP contribution < -0.4 is 10.1 Å². The van der Waals surface area contributed by atoms with Crippen molar-refractivity contribution in [2.24, 2.45) is 0 Å². The number of hydrogen-bond acceptors (Lipinski definition) is 5. The van der Waals surface area contributed by atoms with Crippen LogP contribution in [-0.2, 0) is 4.74 Å². The molecule has 0 unspecified atom stereocenters. The van der Waals surface area contributed by atoms with Gasteiger partial charge in [-0.15, -0.1) is 0 Å². The molecule has 1 heterocycles. The van der Waals surface area contributed by atoms with E-state index in [0.717, 1.165) is 32.6 Å². The molecule has 0 saturated heterocycles. The van der Waals surface area contributed by atoms with Crippen molar-refractivity contribution in [1.29, 1.82) is 0 Å². The smallest absolute Gasteiger partial charge is 0.225 e. The monoisotopic (exact) mass is 239 g/mol. The lowest BCUT2D eigenvalue weighted by Gasteiger charge is -2.06. The Labute approximate surface area is 103 Å². The highest BCUT2D eigenvalue weighted by Gasteiger charge is 1.97. The van der Waals surface area contributed by atoms with Gasteiger partial charge in [-0.25, -0.2) is 4.98 Å². The van der Waals surface area contributed by atoms with E-state index in [4.69, 9.17) is 9.47 Å². The fourth-order valence-electron chi connectivity index (χ4n) is 1.26. The van der Waals surface area contributed by atoms with Gasteiger partial charge in [0.25, 0.3) is 0 Å². The minimum absolute atomic E-state index is 0.571. The Morgan fingerprint density at radius 2 is 2.12 bits per heavy atom. The fourth-order valence-corrected chi connectivity index (χ4v) is 1.26. The first-order valence-corrected chi connectivity index (χ1v) is 6.05. The third-order valence-electron chi connectivity index (χ3n) is 2.23. The van der Waals surface area contributed by atoms with Crippen LogP contribution in [0.1, 0.15) is 26.2 Å². The van der Waals surface area contributed by atoms with E-state index in [9.17, 15) is 0 Å². The van der Waals surface area contributed by atoms with Crippen molar-refractivity contribution < 1.29 is 9.47 Å². The molecule has 0 bridgehead atoms. The Hall–Kier alpha value is -1.36. The Bertz CT molecular complexity index is 308. The zero-order valence-electron chi connectivity index (χ0n) is 10.6. The Kier molecular flexibility index (Phi) is 7.06. The lowest BCUT2D eigenvalue weighted by Crippen LogP contribution is -2.08. The van der Waals surface area contributed by atoms with Crippen molar-refractivity contribution in [2.45, 2.75) is 26.2 Å². The molecule has 0 radical (unpaired) electrons. The number of methoxy groups -OCH3 is 1. The summed E-state index contributed by atoms with van der Waals surface area (Å²) >= 11 is 0. The molecule has 0 amide bonds. The van der Waals surface area contributed by atoms with Gasteiger partial charge < -0.3 is 14.8 Å². The summed E-state index contributed by atoms with van der Waals surface area (Å²) in [6, 6.07) is 1.72. The Balaban J connectivity index is 2.09. The number of aromatic nitrogens is 2. The third kappa shape index (κ3) is 6.06. The molecule has 1 N–H and O–H groups in total. The molecule has 96 valence electrons.